The molecule has 2 aromatic heterocycles. The standard InChI is InChI=1S/C26H22F3N5O3/c1-15-13-31-34(20-9-7-18(12-30)8-10-20)23(15)22-17(3)33(25(37)32(24(22)36)16(2)14-35)21-6-4-5-19(11-21)26(27,28)29/h4-11,13,16,35H,14H2,1-3H3/t16-/m1/s1. The Labute approximate surface area is 209 Å². The first-order valence-corrected chi connectivity index (χ1v) is 11.2. The molecule has 0 aliphatic carbocycles. The molecule has 8 nitrogen and oxygen atoms in total. The van der Waals surface area contributed by atoms with E-state index in [-0.39, 0.29) is 16.9 Å². The van der Waals surface area contributed by atoms with Gasteiger partial charge in [0.2, 0.25) is 0 Å². The van der Waals surface area contributed by atoms with Crippen molar-refractivity contribution >= 4 is 0 Å². The monoisotopic (exact) mass is 509 g/mol. The maximum Gasteiger partial charge on any atom is 0.416 e. The van der Waals surface area contributed by atoms with Gasteiger partial charge in [-0.15, -0.1) is 0 Å². The van der Waals surface area contributed by atoms with Gasteiger partial charge in [0.25, 0.3) is 5.56 Å². The van der Waals surface area contributed by atoms with Crippen LogP contribution in [0.2, 0.25) is 0 Å². The Hall–Kier alpha value is -4.43. The van der Waals surface area contributed by atoms with E-state index in [9.17, 15) is 27.9 Å². The summed E-state index contributed by atoms with van der Waals surface area (Å²) in [6.45, 7) is 4.10. The topological polar surface area (TPSA) is 106 Å². The summed E-state index contributed by atoms with van der Waals surface area (Å²) in [5.74, 6) is 0. The normalized spacial score (nSPS) is 12.4. The van der Waals surface area contributed by atoms with Crippen molar-refractivity contribution in [1.82, 2.24) is 18.9 Å². The van der Waals surface area contributed by atoms with Crippen molar-refractivity contribution in [2.24, 2.45) is 0 Å². The number of halogens is 3. The van der Waals surface area contributed by atoms with E-state index in [2.05, 4.69) is 5.10 Å². The number of nitrogens with zero attached hydrogens (tertiary/aromatic N) is 5. The van der Waals surface area contributed by atoms with Crippen molar-refractivity contribution in [3.8, 4) is 28.7 Å². The van der Waals surface area contributed by atoms with Gasteiger partial charge in [0.1, 0.15) is 0 Å². The quantitative estimate of drug-likeness (QED) is 0.439. The number of rotatable bonds is 5. The molecule has 37 heavy (non-hydrogen) atoms. The predicted molar refractivity (Wildman–Crippen MR) is 130 cm³/mol. The zero-order valence-electron chi connectivity index (χ0n) is 20.1. The first kappa shape index (κ1) is 25.7. The lowest BCUT2D eigenvalue weighted by Gasteiger charge is -2.21. The second kappa shape index (κ2) is 9.55. The van der Waals surface area contributed by atoms with Gasteiger partial charge >= 0.3 is 11.9 Å². The van der Waals surface area contributed by atoms with Crippen LogP contribution in [-0.2, 0) is 6.18 Å². The lowest BCUT2D eigenvalue weighted by Crippen LogP contribution is -2.44. The van der Waals surface area contributed by atoms with Gasteiger partial charge in [0.15, 0.2) is 0 Å². The fraction of sp³-hybridized carbons (Fsp3) is 0.231. The van der Waals surface area contributed by atoms with Crippen LogP contribution in [-0.4, -0.2) is 30.6 Å². The Kier molecular flexibility index (Phi) is 6.62. The summed E-state index contributed by atoms with van der Waals surface area (Å²) in [6.07, 6.45) is -3.13. The smallest absolute Gasteiger partial charge is 0.394 e. The molecule has 0 bridgehead atoms. The minimum atomic E-state index is -4.64. The Morgan fingerprint density at radius 2 is 1.76 bits per heavy atom. The van der Waals surface area contributed by atoms with Crippen molar-refractivity contribution in [1.29, 1.82) is 5.26 Å². The van der Waals surface area contributed by atoms with Crippen LogP contribution in [0.25, 0.3) is 22.6 Å². The van der Waals surface area contributed by atoms with Crippen LogP contribution in [0.3, 0.4) is 0 Å². The summed E-state index contributed by atoms with van der Waals surface area (Å²) in [6, 6.07) is 11.8. The molecule has 0 aliphatic rings. The molecule has 2 aromatic carbocycles. The minimum absolute atomic E-state index is 0.0386. The number of hydrogen-bond acceptors (Lipinski definition) is 5. The van der Waals surface area contributed by atoms with E-state index >= 15 is 0 Å². The van der Waals surface area contributed by atoms with Crippen LogP contribution in [0, 0.1) is 25.2 Å². The number of aliphatic hydroxyl groups is 1. The van der Waals surface area contributed by atoms with Gasteiger partial charge < -0.3 is 5.11 Å². The molecule has 0 fully saturated rings. The van der Waals surface area contributed by atoms with Gasteiger partial charge in [-0.3, -0.25) is 13.9 Å². The van der Waals surface area contributed by atoms with Crippen LogP contribution in [0.1, 0.15) is 35.3 Å². The molecule has 0 radical (unpaired) electrons. The first-order valence-electron chi connectivity index (χ1n) is 11.2. The fourth-order valence-electron chi connectivity index (χ4n) is 4.20. The highest BCUT2D eigenvalue weighted by molar-refractivity contribution is 5.68. The molecule has 0 amide bonds. The molecule has 4 rings (SSSR count). The average molecular weight is 509 g/mol. The molecular weight excluding hydrogens is 487 g/mol. The summed E-state index contributed by atoms with van der Waals surface area (Å²) in [5, 5.41) is 23.3. The van der Waals surface area contributed by atoms with E-state index < -0.39 is 35.6 Å². The molecule has 190 valence electrons. The Bertz CT molecular complexity index is 1640. The molecule has 4 aromatic rings. The summed E-state index contributed by atoms with van der Waals surface area (Å²) in [7, 11) is 0. The van der Waals surface area contributed by atoms with Crippen molar-refractivity contribution < 1.29 is 18.3 Å². The molecule has 0 spiro atoms. The third kappa shape index (κ3) is 4.47. The zero-order valence-corrected chi connectivity index (χ0v) is 20.1. The molecule has 11 heteroatoms. The van der Waals surface area contributed by atoms with Crippen molar-refractivity contribution in [2.75, 3.05) is 6.61 Å². The maximum atomic E-state index is 13.7. The molecule has 0 saturated carbocycles. The molecule has 2 heterocycles. The summed E-state index contributed by atoms with van der Waals surface area (Å²) in [4.78, 5) is 27.2. The number of hydrogen-bond donors (Lipinski definition) is 1. The van der Waals surface area contributed by atoms with E-state index in [0.717, 1.165) is 21.3 Å². The second-order valence-corrected chi connectivity index (χ2v) is 8.58. The third-order valence-electron chi connectivity index (χ3n) is 6.09. The van der Waals surface area contributed by atoms with E-state index in [1.807, 2.05) is 6.07 Å². The number of aryl methyl sites for hydroxylation is 1. The highest BCUT2D eigenvalue weighted by atomic mass is 19.4. The maximum absolute atomic E-state index is 13.7. The van der Waals surface area contributed by atoms with E-state index in [4.69, 9.17) is 5.26 Å². The molecule has 1 N–H and O–H groups in total. The van der Waals surface area contributed by atoms with Crippen molar-refractivity contribution in [3.63, 3.8) is 0 Å². The van der Waals surface area contributed by atoms with Gasteiger partial charge in [0, 0.05) is 5.69 Å². The van der Waals surface area contributed by atoms with E-state index in [1.54, 1.807) is 31.2 Å². The largest absolute Gasteiger partial charge is 0.416 e. The van der Waals surface area contributed by atoms with Crippen LogP contribution >= 0.6 is 0 Å². The predicted octanol–water partition coefficient (Wildman–Crippen LogP) is 3.91. The summed E-state index contributed by atoms with van der Waals surface area (Å²) >= 11 is 0. The van der Waals surface area contributed by atoms with Crippen LogP contribution in [0.5, 0.6) is 0 Å². The number of benzene rings is 2. The molecule has 0 saturated heterocycles. The fourth-order valence-corrected chi connectivity index (χ4v) is 4.20. The van der Waals surface area contributed by atoms with E-state index in [1.165, 1.54) is 36.9 Å². The lowest BCUT2D eigenvalue weighted by atomic mass is 10.1. The molecule has 0 aliphatic heterocycles. The highest BCUT2D eigenvalue weighted by Gasteiger charge is 2.31. The average Bonchev–Trinajstić information content (AvgIpc) is 3.24. The molecule has 1 atom stereocenters. The van der Waals surface area contributed by atoms with Gasteiger partial charge in [-0.05, 0) is 68.8 Å². The lowest BCUT2D eigenvalue weighted by molar-refractivity contribution is -0.137. The number of alkyl halides is 3. The summed E-state index contributed by atoms with van der Waals surface area (Å²) < 4.78 is 43.7. The number of nitriles is 1. The van der Waals surface area contributed by atoms with E-state index in [0.29, 0.717) is 22.5 Å². The van der Waals surface area contributed by atoms with Gasteiger partial charge in [-0.2, -0.15) is 23.5 Å². The highest BCUT2D eigenvalue weighted by Crippen LogP contribution is 2.31. The van der Waals surface area contributed by atoms with Crippen LogP contribution < -0.4 is 11.2 Å². The second-order valence-electron chi connectivity index (χ2n) is 8.58. The van der Waals surface area contributed by atoms with Gasteiger partial charge in [-0.1, -0.05) is 6.07 Å². The first-order chi connectivity index (χ1) is 17.5. The zero-order chi connectivity index (χ0) is 27.1. The minimum Gasteiger partial charge on any atom is -0.394 e. The Morgan fingerprint density at radius 1 is 1.08 bits per heavy atom. The third-order valence-corrected chi connectivity index (χ3v) is 6.09. The van der Waals surface area contributed by atoms with Crippen LogP contribution in [0.15, 0.2) is 64.3 Å². The summed E-state index contributed by atoms with van der Waals surface area (Å²) in [5.41, 5.74) is -0.647. The molecular formula is C26H22F3N5O3. The number of aromatic nitrogens is 4. The Balaban J connectivity index is 2.10. The van der Waals surface area contributed by atoms with Gasteiger partial charge in [0.05, 0.1) is 58.7 Å². The molecule has 0 unspecified atom stereocenters. The SMILES string of the molecule is Cc1cnn(-c2ccc(C#N)cc2)c1-c1c(C)n(-c2cccc(C(F)(F)F)c2)c(=O)n([C@H](C)CO)c1=O. The van der Waals surface area contributed by atoms with Crippen molar-refractivity contribution in [2.45, 2.75) is 33.0 Å². The van der Waals surface area contributed by atoms with Gasteiger partial charge in [-0.25, -0.2) is 9.48 Å². The van der Waals surface area contributed by atoms with Crippen molar-refractivity contribution in [3.05, 3.63) is 98.0 Å². The van der Waals surface area contributed by atoms with Crippen LogP contribution in [0.4, 0.5) is 13.2 Å². The Morgan fingerprint density at radius 3 is 2.35 bits per heavy atom. The number of aliphatic hydroxyl groups excluding tert-OH is 1.